The summed E-state index contributed by atoms with van der Waals surface area (Å²) < 4.78 is 12.7. The molecule has 1 aromatic carbocycles. The van der Waals surface area contributed by atoms with Crippen LogP contribution < -0.4 is 0 Å². The maximum absolute atomic E-state index is 5.28. The van der Waals surface area contributed by atoms with Gasteiger partial charge in [-0.25, -0.2) is 4.98 Å². The fourth-order valence-electron chi connectivity index (χ4n) is 2.41. The molecule has 0 unspecified atom stereocenters. The Hall–Kier alpha value is -2.54. The number of fused-ring (bicyclic) bond motifs is 1. The number of para-hydroxylation sites is 2. The number of thioether (sulfide) groups is 1. The van der Waals surface area contributed by atoms with Crippen molar-refractivity contribution in [1.82, 2.24) is 19.7 Å². The van der Waals surface area contributed by atoms with Crippen molar-refractivity contribution in [3.8, 4) is 11.6 Å². The molecule has 0 saturated carbocycles. The molecule has 4 aromatic rings. The van der Waals surface area contributed by atoms with Crippen LogP contribution in [0.1, 0.15) is 12.8 Å². The van der Waals surface area contributed by atoms with Gasteiger partial charge in [-0.3, -0.25) is 0 Å². The molecule has 3 heterocycles. The number of imidazole rings is 1. The third-order valence-electron chi connectivity index (χ3n) is 3.47. The molecule has 3 aromatic heterocycles. The van der Waals surface area contributed by atoms with E-state index in [1.165, 1.54) is 0 Å². The summed E-state index contributed by atoms with van der Waals surface area (Å²) in [4.78, 5) is 9.02. The molecule has 0 fully saturated rings. The number of benzene rings is 1. The second-order valence-corrected chi connectivity index (χ2v) is 5.85. The highest BCUT2D eigenvalue weighted by Crippen LogP contribution is 2.27. The predicted molar refractivity (Wildman–Crippen MR) is 87.0 cm³/mol. The van der Waals surface area contributed by atoms with Crippen molar-refractivity contribution >= 4 is 22.8 Å². The highest BCUT2D eigenvalue weighted by molar-refractivity contribution is 7.98. The van der Waals surface area contributed by atoms with E-state index >= 15 is 0 Å². The molecule has 0 radical (unpaired) electrons. The molecule has 0 amide bonds. The molecule has 4 rings (SSSR count). The number of furan rings is 1. The van der Waals surface area contributed by atoms with Crippen molar-refractivity contribution in [2.24, 2.45) is 0 Å². The second-order valence-electron chi connectivity index (χ2n) is 4.91. The van der Waals surface area contributed by atoms with Crippen LogP contribution in [-0.4, -0.2) is 19.7 Å². The van der Waals surface area contributed by atoms with Crippen LogP contribution in [-0.2, 0) is 12.3 Å². The van der Waals surface area contributed by atoms with Crippen LogP contribution in [0.4, 0.5) is 0 Å². The van der Waals surface area contributed by atoms with Crippen LogP contribution in [0.25, 0.3) is 22.6 Å². The third-order valence-corrected chi connectivity index (χ3v) is 4.43. The summed E-state index contributed by atoms with van der Waals surface area (Å²) in [6, 6.07) is 11.7. The van der Waals surface area contributed by atoms with E-state index in [9.17, 15) is 0 Å². The minimum Gasteiger partial charge on any atom is -0.461 e. The van der Waals surface area contributed by atoms with Gasteiger partial charge in [0.25, 0.3) is 0 Å². The fourth-order valence-corrected chi connectivity index (χ4v) is 3.33. The van der Waals surface area contributed by atoms with Gasteiger partial charge in [0.05, 0.1) is 23.0 Å². The maximum atomic E-state index is 5.28. The smallest absolute Gasteiger partial charge is 0.238 e. The molecule has 116 valence electrons. The van der Waals surface area contributed by atoms with Crippen molar-refractivity contribution in [2.75, 3.05) is 0 Å². The van der Waals surface area contributed by atoms with Gasteiger partial charge in [-0.1, -0.05) is 29.1 Å². The molecule has 0 aliphatic carbocycles. The first-order chi connectivity index (χ1) is 11.3. The van der Waals surface area contributed by atoms with E-state index in [1.807, 2.05) is 18.2 Å². The molecule has 0 aliphatic heterocycles. The van der Waals surface area contributed by atoms with E-state index in [4.69, 9.17) is 8.94 Å². The summed E-state index contributed by atoms with van der Waals surface area (Å²) in [5, 5.41) is 4.89. The first kappa shape index (κ1) is 14.1. The van der Waals surface area contributed by atoms with Gasteiger partial charge in [0.15, 0.2) is 10.9 Å². The Morgan fingerprint density at radius 3 is 2.87 bits per heavy atom. The number of rotatable bonds is 5. The predicted octanol–water partition coefficient (Wildman–Crippen LogP) is 3.99. The van der Waals surface area contributed by atoms with E-state index in [0.717, 1.165) is 22.7 Å². The Balaban J connectivity index is 1.55. The van der Waals surface area contributed by atoms with Crippen LogP contribution >= 0.6 is 11.8 Å². The molecule has 7 heteroatoms. The average molecular weight is 326 g/mol. The van der Waals surface area contributed by atoms with Gasteiger partial charge in [0.2, 0.25) is 11.7 Å². The zero-order chi connectivity index (χ0) is 15.6. The Bertz CT molecular complexity index is 927. The number of nitrogens with zero attached hydrogens (tertiary/aromatic N) is 4. The third kappa shape index (κ3) is 2.63. The SMILES string of the molecule is CCn1c(SCc2nc(-c3ccco3)no2)nc2ccccc21. The Labute approximate surface area is 136 Å². The van der Waals surface area contributed by atoms with E-state index in [2.05, 4.69) is 32.7 Å². The van der Waals surface area contributed by atoms with Crippen LogP contribution in [0, 0.1) is 0 Å². The lowest BCUT2D eigenvalue weighted by Crippen LogP contribution is -1.96. The minimum atomic E-state index is 0.467. The van der Waals surface area contributed by atoms with E-state index in [0.29, 0.717) is 23.2 Å². The van der Waals surface area contributed by atoms with Crippen molar-refractivity contribution in [3.63, 3.8) is 0 Å². The zero-order valence-electron chi connectivity index (χ0n) is 12.5. The van der Waals surface area contributed by atoms with Crippen LogP contribution in [0.3, 0.4) is 0 Å². The summed E-state index contributed by atoms with van der Waals surface area (Å²) in [5.74, 6) is 2.19. The maximum Gasteiger partial charge on any atom is 0.238 e. The van der Waals surface area contributed by atoms with Gasteiger partial charge in [0, 0.05) is 6.54 Å². The molecule has 0 bridgehead atoms. The molecule has 0 saturated heterocycles. The summed E-state index contributed by atoms with van der Waals surface area (Å²) >= 11 is 1.59. The Morgan fingerprint density at radius 1 is 1.13 bits per heavy atom. The quantitative estimate of drug-likeness (QED) is 0.516. The Morgan fingerprint density at radius 2 is 2.04 bits per heavy atom. The van der Waals surface area contributed by atoms with Crippen LogP contribution in [0.2, 0.25) is 0 Å². The van der Waals surface area contributed by atoms with Gasteiger partial charge in [-0.15, -0.1) is 0 Å². The van der Waals surface area contributed by atoms with E-state index in [-0.39, 0.29) is 0 Å². The lowest BCUT2D eigenvalue weighted by Gasteiger charge is -2.03. The molecule has 6 nitrogen and oxygen atoms in total. The van der Waals surface area contributed by atoms with Gasteiger partial charge in [-0.05, 0) is 31.2 Å². The van der Waals surface area contributed by atoms with Gasteiger partial charge >= 0.3 is 0 Å². The van der Waals surface area contributed by atoms with Gasteiger partial charge in [0.1, 0.15) is 0 Å². The van der Waals surface area contributed by atoms with E-state index < -0.39 is 0 Å². The topological polar surface area (TPSA) is 69.9 Å². The molecular weight excluding hydrogens is 312 g/mol. The van der Waals surface area contributed by atoms with Crippen molar-refractivity contribution < 1.29 is 8.94 Å². The van der Waals surface area contributed by atoms with E-state index in [1.54, 1.807) is 30.2 Å². The summed E-state index contributed by atoms with van der Waals surface area (Å²) in [7, 11) is 0. The summed E-state index contributed by atoms with van der Waals surface area (Å²) in [6.07, 6.45) is 1.59. The standard InChI is InChI=1S/C16H14N4O2S/c1-2-20-12-7-4-3-6-11(12)17-16(20)23-10-14-18-15(19-22-14)13-8-5-9-21-13/h3-9H,2,10H2,1H3. The molecule has 23 heavy (non-hydrogen) atoms. The molecular formula is C16H14N4O2S. The number of aromatic nitrogens is 4. The molecule has 0 spiro atoms. The van der Waals surface area contributed by atoms with Crippen LogP contribution in [0.15, 0.2) is 56.8 Å². The Kier molecular flexibility index (Phi) is 3.63. The number of hydrogen-bond acceptors (Lipinski definition) is 6. The first-order valence-corrected chi connectivity index (χ1v) is 8.28. The normalized spacial score (nSPS) is 11.3. The second kappa shape index (κ2) is 5.92. The summed E-state index contributed by atoms with van der Waals surface area (Å²) in [5.41, 5.74) is 2.14. The van der Waals surface area contributed by atoms with Gasteiger partial charge < -0.3 is 13.5 Å². The number of hydrogen-bond donors (Lipinski definition) is 0. The largest absolute Gasteiger partial charge is 0.461 e. The molecule has 0 atom stereocenters. The zero-order valence-corrected chi connectivity index (χ0v) is 13.3. The molecule has 0 aliphatic rings. The van der Waals surface area contributed by atoms with Crippen molar-refractivity contribution in [1.29, 1.82) is 0 Å². The highest BCUT2D eigenvalue weighted by atomic mass is 32.2. The molecule has 0 N–H and O–H groups in total. The summed E-state index contributed by atoms with van der Waals surface area (Å²) in [6.45, 7) is 2.98. The lowest BCUT2D eigenvalue weighted by atomic mass is 10.3. The van der Waals surface area contributed by atoms with Crippen molar-refractivity contribution in [2.45, 2.75) is 24.4 Å². The lowest BCUT2D eigenvalue weighted by molar-refractivity contribution is 0.390. The van der Waals surface area contributed by atoms with Gasteiger partial charge in [-0.2, -0.15) is 4.98 Å². The monoisotopic (exact) mass is 326 g/mol. The number of aryl methyl sites for hydroxylation is 1. The average Bonchev–Trinajstić information content (AvgIpc) is 3.30. The minimum absolute atomic E-state index is 0.467. The van der Waals surface area contributed by atoms with Crippen molar-refractivity contribution in [3.05, 3.63) is 48.6 Å². The highest BCUT2D eigenvalue weighted by Gasteiger charge is 2.14. The van der Waals surface area contributed by atoms with Crippen LogP contribution in [0.5, 0.6) is 0 Å². The fraction of sp³-hybridized carbons (Fsp3) is 0.188. The first-order valence-electron chi connectivity index (χ1n) is 7.29.